The second kappa shape index (κ2) is 9.98. The van der Waals surface area contributed by atoms with Crippen molar-refractivity contribution in [2.75, 3.05) is 6.61 Å². The van der Waals surface area contributed by atoms with Crippen LogP contribution in [0.25, 0.3) is 0 Å². The molecule has 4 unspecified atom stereocenters. The highest BCUT2D eigenvalue weighted by Crippen LogP contribution is 2.32. The zero-order valence-corrected chi connectivity index (χ0v) is 19.6. The molecule has 1 aromatic heterocycles. The van der Waals surface area contributed by atoms with Crippen LogP contribution in [-0.4, -0.2) is 54.7 Å². The minimum atomic E-state index is -2.10. The van der Waals surface area contributed by atoms with Gasteiger partial charge in [-0.2, -0.15) is 0 Å². The standard InChI is InChI=1S/C16H16Cl4N2O5S2/c1-8(2)12(15(25)27-7-16(17,18)19)22-13(24)11(14(22)29(20)26)21-10(23)6-9-4-3-5-28-9/h3-5,11-12,14H,1,6-7H2,2H3,(H,21,23). The van der Waals surface area contributed by atoms with Crippen LogP contribution in [0.4, 0.5) is 0 Å². The van der Waals surface area contributed by atoms with Crippen LogP contribution in [0.3, 0.4) is 0 Å². The average molecular weight is 522 g/mol. The van der Waals surface area contributed by atoms with E-state index in [0.29, 0.717) is 0 Å². The molecule has 0 bridgehead atoms. The lowest BCUT2D eigenvalue weighted by atomic mass is 9.99. The second-order valence-corrected chi connectivity index (χ2v) is 11.6. The number of hydrogen-bond donors (Lipinski definition) is 1. The van der Waals surface area contributed by atoms with Gasteiger partial charge in [-0.15, -0.1) is 11.3 Å². The molecule has 1 aliphatic rings. The fourth-order valence-electron chi connectivity index (χ4n) is 2.67. The summed E-state index contributed by atoms with van der Waals surface area (Å²) in [5, 5.41) is 3.17. The molecule has 1 aliphatic heterocycles. The van der Waals surface area contributed by atoms with Gasteiger partial charge in [0.05, 0.1) is 6.42 Å². The molecule has 0 saturated carbocycles. The zero-order valence-electron chi connectivity index (χ0n) is 14.9. The molecule has 0 aliphatic carbocycles. The highest BCUT2D eigenvalue weighted by Gasteiger charge is 2.56. The third-order valence-electron chi connectivity index (χ3n) is 3.85. The van der Waals surface area contributed by atoms with Crippen molar-refractivity contribution in [1.29, 1.82) is 0 Å². The zero-order chi connectivity index (χ0) is 21.9. The number of ether oxygens (including phenoxy) is 1. The first-order valence-corrected chi connectivity index (χ1v) is 12.1. The molecule has 1 aromatic rings. The Hall–Kier alpha value is -0.840. The molecular formula is C16H16Cl4N2O5S2. The van der Waals surface area contributed by atoms with Crippen LogP contribution < -0.4 is 5.32 Å². The van der Waals surface area contributed by atoms with Crippen LogP contribution in [-0.2, 0) is 35.6 Å². The number of amides is 2. The van der Waals surface area contributed by atoms with Crippen LogP contribution in [0.5, 0.6) is 0 Å². The van der Waals surface area contributed by atoms with Crippen LogP contribution in [0.15, 0.2) is 29.7 Å². The first kappa shape index (κ1) is 24.4. The quantitative estimate of drug-likeness (QED) is 0.187. The van der Waals surface area contributed by atoms with Crippen molar-refractivity contribution in [2.45, 2.75) is 34.6 Å². The van der Waals surface area contributed by atoms with Gasteiger partial charge >= 0.3 is 5.97 Å². The summed E-state index contributed by atoms with van der Waals surface area (Å²) in [7, 11) is 3.65. The predicted molar refractivity (Wildman–Crippen MR) is 114 cm³/mol. The van der Waals surface area contributed by atoms with Crippen LogP contribution >= 0.6 is 56.8 Å². The average Bonchev–Trinajstić information content (AvgIpc) is 3.09. The van der Waals surface area contributed by atoms with E-state index in [0.717, 1.165) is 9.78 Å². The maximum atomic E-state index is 12.7. The molecular weight excluding hydrogens is 506 g/mol. The molecule has 0 radical (unpaired) electrons. The molecule has 2 rings (SSSR count). The fourth-order valence-corrected chi connectivity index (χ4v) is 4.91. The van der Waals surface area contributed by atoms with E-state index in [1.165, 1.54) is 18.3 Å². The lowest BCUT2D eigenvalue weighted by Crippen LogP contribution is -2.75. The highest BCUT2D eigenvalue weighted by molar-refractivity contribution is 8.08. The summed E-state index contributed by atoms with van der Waals surface area (Å²) >= 11 is 18.1. The number of nitrogens with one attached hydrogen (secondary N) is 1. The van der Waals surface area contributed by atoms with Gasteiger partial charge in [0.25, 0.3) is 0 Å². The second-order valence-electron chi connectivity index (χ2n) is 6.16. The number of alkyl halides is 3. The Balaban J connectivity index is 2.13. The summed E-state index contributed by atoms with van der Waals surface area (Å²) in [6.07, 6.45) is 0.0539. The summed E-state index contributed by atoms with van der Waals surface area (Å²) < 4.78 is 15.1. The van der Waals surface area contributed by atoms with E-state index < -0.39 is 55.7 Å². The molecule has 160 valence electrons. The predicted octanol–water partition coefficient (Wildman–Crippen LogP) is 2.70. The minimum absolute atomic E-state index is 0.0539. The van der Waals surface area contributed by atoms with Crippen LogP contribution in [0.2, 0.25) is 0 Å². The number of carbonyl (C=O) groups excluding carboxylic acids is 3. The van der Waals surface area contributed by atoms with Gasteiger partial charge in [-0.3, -0.25) is 9.59 Å². The first-order chi connectivity index (χ1) is 13.4. The summed E-state index contributed by atoms with van der Waals surface area (Å²) in [5.41, 5.74) is 0.225. The van der Waals surface area contributed by atoms with E-state index in [9.17, 15) is 18.6 Å². The third-order valence-corrected chi connectivity index (χ3v) is 6.48. The van der Waals surface area contributed by atoms with Gasteiger partial charge in [0.2, 0.25) is 15.6 Å². The Morgan fingerprint density at radius 3 is 2.59 bits per heavy atom. The summed E-state index contributed by atoms with van der Waals surface area (Å²) in [6, 6.07) is 1.12. The first-order valence-electron chi connectivity index (χ1n) is 8.02. The van der Waals surface area contributed by atoms with Crippen LogP contribution in [0.1, 0.15) is 11.8 Å². The maximum Gasteiger partial charge on any atom is 0.333 e. The molecule has 1 saturated heterocycles. The summed E-state index contributed by atoms with van der Waals surface area (Å²) in [5.74, 6) is -2.02. The SMILES string of the molecule is C=C(C)C(C(=O)OCC(Cl)(Cl)Cl)N1C(=O)C(NC(=O)Cc2cccs2)C1S(=O)Cl. The molecule has 4 atom stereocenters. The lowest BCUT2D eigenvalue weighted by Gasteiger charge is -2.48. The normalized spacial score (nSPS) is 21.1. The summed E-state index contributed by atoms with van der Waals surface area (Å²) in [4.78, 5) is 39.1. The number of rotatable bonds is 8. The largest absolute Gasteiger partial charge is 0.459 e. The third kappa shape index (κ3) is 6.32. The topological polar surface area (TPSA) is 92.8 Å². The lowest BCUT2D eigenvalue weighted by molar-refractivity contribution is -0.163. The molecule has 29 heavy (non-hydrogen) atoms. The van der Waals surface area contributed by atoms with Gasteiger partial charge in [-0.05, 0) is 34.6 Å². The van der Waals surface area contributed by atoms with Gasteiger partial charge in [0.1, 0.15) is 22.7 Å². The molecule has 2 amide bonds. The number of nitrogens with zero attached hydrogens (tertiary/aromatic N) is 1. The number of likely N-dealkylation sites (tertiary alicyclic amines) is 1. The van der Waals surface area contributed by atoms with Crippen molar-refractivity contribution in [3.8, 4) is 0 Å². The van der Waals surface area contributed by atoms with Crippen LogP contribution in [0, 0.1) is 0 Å². The Bertz CT molecular complexity index is 828. The Labute approximate surface area is 193 Å². The van der Waals surface area contributed by atoms with Gasteiger partial charge in [0, 0.05) is 4.88 Å². The molecule has 0 spiro atoms. The van der Waals surface area contributed by atoms with Gasteiger partial charge in [0.15, 0.2) is 11.4 Å². The van der Waals surface area contributed by atoms with Gasteiger partial charge in [-0.25, -0.2) is 9.00 Å². The Morgan fingerprint density at radius 2 is 2.10 bits per heavy atom. The van der Waals surface area contributed by atoms with Crippen molar-refractivity contribution < 1.29 is 23.3 Å². The maximum absolute atomic E-state index is 12.7. The smallest absolute Gasteiger partial charge is 0.333 e. The molecule has 13 heteroatoms. The number of thiophene rings is 1. The van der Waals surface area contributed by atoms with Crippen molar-refractivity contribution >= 4 is 84.6 Å². The van der Waals surface area contributed by atoms with Crippen molar-refractivity contribution in [2.24, 2.45) is 0 Å². The Kier molecular flexibility index (Phi) is 8.41. The van der Waals surface area contributed by atoms with E-state index >= 15 is 0 Å². The van der Waals surface area contributed by atoms with Crippen molar-refractivity contribution in [3.05, 3.63) is 34.5 Å². The minimum Gasteiger partial charge on any atom is -0.459 e. The van der Waals surface area contributed by atoms with Gasteiger partial charge < -0.3 is 15.0 Å². The molecule has 1 fully saturated rings. The van der Waals surface area contributed by atoms with Gasteiger partial charge in [-0.1, -0.05) is 47.4 Å². The number of esters is 1. The molecule has 7 nitrogen and oxygen atoms in total. The number of halogens is 4. The van der Waals surface area contributed by atoms with E-state index in [4.69, 9.17) is 50.2 Å². The Morgan fingerprint density at radius 1 is 1.45 bits per heavy atom. The van der Waals surface area contributed by atoms with E-state index in [2.05, 4.69) is 11.9 Å². The van der Waals surface area contributed by atoms with Crippen molar-refractivity contribution in [1.82, 2.24) is 10.2 Å². The monoisotopic (exact) mass is 520 g/mol. The fraction of sp³-hybridized carbons (Fsp3) is 0.438. The number of hydrogen-bond acceptors (Lipinski definition) is 6. The van der Waals surface area contributed by atoms with E-state index in [1.54, 1.807) is 12.1 Å². The summed E-state index contributed by atoms with van der Waals surface area (Å²) in [6.45, 7) is 4.59. The molecule has 1 N–H and O–H groups in total. The molecule has 0 aromatic carbocycles. The van der Waals surface area contributed by atoms with Crippen molar-refractivity contribution in [3.63, 3.8) is 0 Å². The highest BCUT2D eigenvalue weighted by atomic mass is 35.7. The number of β-lactam (4-membered cyclic amide) rings is 1. The van der Waals surface area contributed by atoms with E-state index in [1.807, 2.05) is 5.38 Å². The number of carbonyl (C=O) groups is 3. The van der Waals surface area contributed by atoms with E-state index in [-0.39, 0.29) is 12.0 Å². The molecule has 2 heterocycles.